The molecule has 0 unspecified atom stereocenters. The highest BCUT2D eigenvalue weighted by molar-refractivity contribution is 5.81. The van der Waals surface area contributed by atoms with E-state index in [0.29, 0.717) is 19.4 Å². The molecule has 1 saturated heterocycles. The molecule has 0 aromatic heterocycles. The van der Waals surface area contributed by atoms with Gasteiger partial charge in [-0.1, -0.05) is 12.2 Å². The van der Waals surface area contributed by atoms with E-state index in [0.717, 1.165) is 5.57 Å². The number of likely N-dealkylation sites (tertiary alicyclic amines) is 1. The van der Waals surface area contributed by atoms with Gasteiger partial charge in [0.15, 0.2) is 0 Å². The number of ether oxygens (including phenoxy) is 1. The molecule has 0 aromatic carbocycles. The summed E-state index contributed by atoms with van der Waals surface area (Å²) in [5.74, 6) is -1.02. The fourth-order valence-electron chi connectivity index (χ4n) is 1.68. The van der Waals surface area contributed by atoms with Crippen LogP contribution < -0.4 is 0 Å². The molecule has 1 atom stereocenters. The van der Waals surface area contributed by atoms with Crippen LogP contribution in [0.3, 0.4) is 0 Å². The number of nitrogens with zero attached hydrogens (tertiary/aromatic N) is 1. The minimum Gasteiger partial charge on any atom is -0.480 e. The van der Waals surface area contributed by atoms with Crippen LogP contribution in [0.25, 0.3) is 0 Å². The van der Waals surface area contributed by atoms with Gasteiger partial charge in [-0.25, -0.2) is 9.59 Å². The van der Waals surface area contributed by atoms with Gasteiger partial charge in [-0.05, 0) is 33.6 Å². The van der Waals surface area contributed by atoms with Crippen LogP contribution in [0, 0.1) is 0 Å². The van der Waals surface area contributed by atoms with Crippen LogP contribution >= 0.6 is 0 Å². The monoisotopic (exact) mass is 241 g/mol. The zero-order chi connectivity index (χ0) is 13.2. The third kappa shape index (κ3) is 3.76. The Bertz CT molecular complexity index is 343. The molecule has 0 saturated carbocycles. The van der Waals surface area contributed by atoms with Crippen molar-refractivity contribution >= 4 is 12.1 Å². The molecule has 1 rings (SSSR count). The lowest BCUT2D eigenvalue weighted by atomic mass is 9.98. The summed E-state index contributed by atoms with van der Waals surface area (Å²) in [6, 6.07) is -0.855. The molecular weight excluding hydrogens is 222 g/mol. The molecule has 0 aliphatic carbocycles. The first-order valence-corrected chi connectivity index (χ1v) is 5.60. The summed E-state index contributed by atoms with van der Waals surface area (Å²) in [7, 11) is 0. The zero-order valence-corrected chi connectivity index (χ0v) is 10.5. The average Bonchev–Trinajstić information content (AvgIpc) is 2.14. The second kappa shape index (κ2) is 4.77. The van der Waals surface area contributed by atoms with Gasteiger partial charge in [0.05, 0.1) is 0 Å². The first-order valence-electron chi connectivity index (χ1n) is 5.60. The van der Waals surface area contributed by atoms with E-state index in [2.05, 4.69) is 6.58 Å². The van der Waals surface area contributed by atoms with Crippen LogP contribution in [-0.2, 0) is 9.53 Å². The number of carboxylic acids is 1. The molecule has 1 aliphatic heterocycles. The molecule has 1 heterocycles. The van der Waals surface area contributed by atoms with Crippen molar-refractivity contribution in [2.24, 2.45) is 0 Å². The summed E-state index contributed by atoms with van der Waals surface area (Å²) in [5, 5.41) is 9.08. The first-order chi connectivity index (χ1) is 7.70. The Morgan fingerprint density at radius 1 is 1.47 bits per heavy atom. The van der Waals surface area contributed by atoms with Crippen LogP contribution in [0.5, 0.6) is 0 Å². The lowest BCUT2D eigenvalue weighted by Gasteiger charge is -2.35. The van der Waals surface area contributed by atoms with E-state index in [1.54, 1.807) is 20.8 Å². The Balaban J connectivity index is 2.76. The number of rotatable bonds is 1. The topological polar surface area (TPSA) is 66.8 Å². The molecule has 1 amide bonds. The quantitative estimate of drug-likeness (QED) is 0.713. The van der Waals surface area contributed by atoms with Gasteiger partial charge in [0.1, 0.15) is 11.6 Å². The zero-order valence-electron chi connectivity index (χ0n) is 10.5. The highest BCUT2D eigenvalue weighted by Gasteiger charge is 2.35. The Hall–Kier alpha value is -1.52. The normalized spacial score (nSPS) is 21.2. The van der Waals surface area contributed by atoms with Gasteiger partial charge in [0, 0.05) is 6.54 Å². The van der Waals surface area contributed by atoms with Crippen molar-refractivity contribution in [3.63, 3.8) is 0 Å². The fourth-order valence-corrected chi connectivity index (χ4v) is 1.68. The van der Waals surface area contributed by atoms with E-state index >= 15 is 0 Å². The maximum Gasteiger partial charge on any atom is 0.411 e. The third-order valence-corrected chi connectivity index (χ3v) is 2.48. The van der Waals surface area contributed by atoms with Gasteiger partial charge >= 0.3 is 12.1 Å². The van der Waals surface area contributed by atoms with Crippen molar-refractivity contribution in [1.29, 1.82) is 0 Å². The van der Waals surface area contributed by atoms with E-state index in [1.165, 1.54) is 4.90 Å². The number of hydrogen-bond acceptors (Lipinski definition) is 3. The number of aliphatic carboxylic acids is 1. The van der Waals surface area contributed by atoms with Crippen molar-refractivity contribution in [1.82, 2.24) is 4.90 Å². The molecule has 96 valence electrons. The van der Waals surface area contributed by atoms with Crippen molar-refractivity contribution in [2.75, 3.05) is 6.54 Å². The Morgan fingerprint density at radius 3 is 2.53 bits per heavy atom. The number of carbonyl (C=O) groups excluding carboxylic acids is 1. The van der Waals surface area contributed by atoms with Crippen molar-refractivity contribution < 1.29 is 19.4 Å². The molecule has 0 bridgehead atoms. The molecule has 17 heavy (non-hydrogen) atoms. The summed E-state index contributed by atoms with van der Waals surface area (Å²) >= 11 is 0. The van der Waals surface area contributed by atoms with E-state index in [-0.39, 0.29) is 0 Å². The summed E-state index contributed by atoms with van der Waals surface area (Å²) in [6.45, 7) is 9.39. The van der Waals surface area contributed by atoms with E-state index in [1.807, 2.05) is 0 Å². The Kier molecular flexibility index (Phi) is 3.80. The summed E-state index contributed by atoms with van der Waals surface area (Å²) in [4.78, 5) is 24.2. The number of carboxylic acid groups (broad SMARTS) is 1. The van der Waals surface area contributed by atoms with Crippen LogP contribution in [0.15, 0.2) is 12.2 Å². The highest BCUT2D eigenvalue weighted by atomic mass is 16.6. The van der Waals surface area contributed by atoms with Crippen molar-refractivity contribution in [3.05, 3.63) is 12.2 Å². The maximum absolute atomic E-state index is 11.8. The highest BCUT2D eigenvalue weighted by Crippen LogP contribution is 2.23. The molecule has 1 N–H and O–H groups in total. The maximum atomic E-state index is 11.8. The minimum atomic E-state index is -1.02. The molecule has 0 radical (unpaired) electrons. The molecule has 0 aromatic rings. The summed E-state index contributed by atoms with van der Waals surface area (Å²) in [6.07, 6.45) is 0.356. The first kappa shape index (κ1) is 13.5. The molecule has 0 spiro atoms. The predicted octanol–water partition coefficient (Wildman–Crippen LogP) is 2.03. The van der Waals surface area contributed by atoms with Gasteiger partial charge in [-0.3, -0.25) is 4.90 Å². The minimum absolute atomic E-state index is 0.300. The SMILES string of the molecule is C=C1CCN(C(=O)OC(C)(C)C)[C@@H](C(=O)O)C1. The van der Waals surface area contributed by atoms with Crippen LogP contribution in [0.1, 0.15) is 33.6 Å². The second-order valence-corrected chi connectivity index (χ2v) is 5.23. The van der Waals surface area contributed by atoms with Gasteiger partial charge < -0.3 is 9.84 Å². The summed E-state index contributed by atoms with van der Waals surface area (Å²) < 4.78 is 5.19. The van der Waals surface area contributed by atoms with Gasteiger partial charge in [-0.2, -0.15) is 0 Å². The van der Waals surface area contributed by atoms with Crippen LogP contribution in [-0.4, -0.2) is 40.3 Å². The van der Waals surface area contributed by atoms with Gasteiger partial charge in [0.2, 0.25) is 0 Å². The van der Waals surface area contributed by atoms with E-state index in [4.69, 9.17) is 9.84 Å². The molecular formula is C12H19NO4. The smallest absolute Gasteiger partial charge is 0.411 e. The lowest BCUT2D eigenvalue weighted by Crippen LogP contribution is -2.50. The van der Waals surface area contributed by atoms with Crippen molar-refractivity contribution in [3.8, 4) is 0 Å². The predicted molar refractivity (Wildman–Crippen MR) is 62.7 cm³/mol. The lowest BCUT2D eigenvalue weighted by molar-refractivity contribution is -0.143. The number of hydrogen-bond donors (Lipinski definition) is 1. The van der Waals surface area contributed by atoms with Gasteiger partial charge in [-0.15, -0.1) is 0 Å². The Labute approximate surface area is 101 Å². The number of carbonyl (C=O) groups is 2. The molecule has 1 fully saturated rings. The average molecular weight is 241 g/mol. The molecule has 1 aliphatic rings. The fraction of sp³-hybridized carbons (Fsp3) is 0.667. The van der Waals surface area contributed by atoms with Crippen molar-refractivity contribution in [2.45, 2.75) is 45.3 Å². The number of amides is 1. The summed E-state index contributed by atoms with van der Waals surface area (Å²) in [5.41, 5.74) is 0.242. The molecule has 5 heteroatoms. The third-order valence-electron chi connectivity index (χ3n) is 2.48. The van der Waals surface area contributed by atoms with Gasteiger partial charge in [0.25, 0.3) is 0 Å². The molecule has 5 nitrogen and oxygen atoms in total. The second-order valence-electron chi connectivity index (χ2n) is 5.23. The standard InChI is InChI=1S/C12H19NO4/c1-8-5-6-13(9(7-8)10(14)15)11(16)17-12(2,3)4/h9H,1,5-7H2,2-4H3,(H,14,15)/t9-/m1/s1. The van der Waals surface area contributed by atoms with E-state index < -0.39 is 23.7 Å². The number of piperidine rings is 1. The Morgan fingerprint density at radius 2 is 2.06 bits per heavy atom. The van der Waals surface area contributed by atoms with Crippen LogP contribution in [0.2, 0.25) is 0 Å². The van der Waals surface area contributed by atoms with E-state index in [9.17, 15) is 9.59 Å². The van der Waals surface area contributed by atoms with Crippen LogP contribution in [0.4, 0.5) is 4.79 Å². The largest absolute Gasteiger partial charge is 0.480 e.